The monoisotopic (exact) mass is 291 g/mol. The first-order valence-corrected chi connectivity index (χ1v) is 7.36. The normalized spacial score (nSPS) is 10.5. The van der Waals surface area contributed by atoms with Crippen LogP contribution < -0.4 is 5.32 Å². The van der Waals surface area contributed by atoms with Gasteiger partial charge in [-0.2, -0.15) is 0 Å². The van der Waals surface area contributed by atoms with Crippen molar-refractivity contribution in [3.05, 3.63) is 72.2 Å². The van der Waals surface area contributed by atoms with Crippen LogP contribution in [0, 0.1) is 0 Å². The third kappa shape index (κ3) is 3.28. The van der Waals surface area contributed by atoms with Crippen molar-refractivity contribution in [1.82, 2.24) is 15.3 Å². The van der Waals surface area contributed by atoms with E-state index in [9.17, 15) is 4.79 Å². The van der Waals surface area contributed by atoms with Gasteiger partial charge in [0.1, 0.15) is 12.0 Å². The highest BCUT2D eigenvalue weighted by molar-refractivity contribution is 6.04. The van der Waals surface area contributed by atoms with E-state index >= 15 is 0 Å². The molecule has 1 aromatic heterocycles. The lowest BCUT2D eigenvalue weighted by Gasteiger charge is -2.07. The van der Waals surface area contributed by atoms with Gasteiger partial charge in [0, 0.05) is 11.9 Å². The maximum Gasteiger partial charge on any atom is 0.270 e. The Morgan fingerprint density at radius 3 is 2.59 bits per heavy atom. The maximum absolute atomic E-state index is 12.3. The Morgan fingerprint density at radius 2 is 1.73 bits per heavy atom. The first-order valence-electron chi connectivity index (χ1n) is 7.36. The highest BCUT2D eigenvalue weighted by atomic mass is 16.1. The summed E-state index contributed by atoms with van der Waals surface area (Å²) >= 11 is 0. The highest BCUT2D eigenvalue weighted by Gasteiger charge is 2.11. The fraction of sp³-hybridized carbons (Fsp3) is 0.167. The minimum Gasteiger partial charge on any atom is -0.351 e. The molecule has 1 amide bonds. The SMILES string of the molecule is O=C(NCCCc1ccccc1)c1ncnc2ccccc12. The predicted molar refractivity (Wildman–Crippen MR) is 86.6 cm³/mol. The molecular weight excluding hydrogens is 274 g/mol. The summed E-state index contributed by atoms with van der Waals surface area (Å²) in [6.45, 7) is 0.631. The summed E-state index contributed by atoms with van der Waals surface area (Å²) in [5.41, 5.74) is 2.50. The molecule has 0 fully saturated rings. The first-order chi connectivity index (χ1) is 10.8. The van der Waals surface area contributed by atoms with E-state index in [4.69, 9.17) is 0 Å². The number of benzene rings is 2. The molecule has 1 heterocycles. The zero-order valence-corrected chi connectivity index (χ0v) is 12.2. The van der Waals surface area contributed by atoms with E-state index in [0.717, 1.165) is 23.7 Å². The van der Waals surface area contributed by atoms with E-state index < -0.39 is 0 Å². The third-order valence-corrected chi connectivity index (χ3v) is 3.53. The van der Waals surface area contributed by atoms with Gasteiger partial charge >= 0.3 is 0 Å². The molecule has 110 valence electrons. The molecule has 0 aliphatic carbocycles. The van der Waals surface area contributed by atoms with Gasteiger partial charge in [0.15, 0.2) is 0 Å². The number of nitrogens with one attached hydrogen (secondary N) is 1. The van der Waals surface area contributed by atoms with E-state index in [1.807, 2.05) is 42.5 Å². The number of carbonyl (C=O) groups is 1. The summed E-state index contributed by atoms with van der Waals surface area (Å²) in [5, 5.41) is 3.72. The van der Waals surface area contributed by atoms with Crippen molar-refractivity contribution >= 4 is 16.8 Å². The van der Waals surface area contributed by atoms with Crippen molar-refractivity contribution in [1.29, 1.82) is 0 Å². The number of carbonyl (C=O) groups excluding carboxylic acids is 1. The molecule has 0 aliphatic rings. The fourth-order valence-corrected chi connectivity index (χ4v) is 2.41. The number of amides is 1. The Morgan fingerprint density at radius 1 is 0.955 bits per heavy atom. The standard InChI is InChI=1S/C18H17N3O/c22-18(19-12-6-9-14-7-2-1-3-8-14)17-15-10-4-5-11-16(15)20-13-21-17/h1-5,7-8,10-11,13H,6,9,12H2,(H,19,22). The molecule has 0 aliphatic heterocycles. The van der Waals surface area contributed by atoms with Crippen LogP contribution in [0.25, 0.3) is 10.9 Å². The predicted octanol–water partition coefficient (Wildman–Crippen LogP) is 2.99. The second-order valence-electron chi connectivity index (χ2n) is 5.08. The molecule has 0 atom stereocenters. The van der Waals surface area contributed by atoms with Crippen LogP contribution >= 0.6 is 0 Å². The molecule has 0 unspecified atom stereocenters. The number of hydrogen-bond donors (Lipinski definition) is 1. The molecule has 4 nitrogen and oxygen atoms in total. The summed E-state index contributed by atoms with van der Waals surface area (Å²) in [5.74, 6) is -0.147. The van der Waals surface area contributed by atoms with Gasteiger partial charge < -0.3 is 5.32 Å². The van der Waals surface area contributed by atoms with Gasteiger partial charge in [-0.05, 0) is 24.5 Å². The Bertz CT molecular complexity index is 766. The molecule has 3 rings (SSSR count). The van der Waals surface area contributed by atoms with E-state index in [1.165, 1.54) is 11.9 Å². The van der Waals surface area contributed by atoms with Crippen molar-refractivity contribution < 1.29 is 4.79 Å². The average Bonchev–Trinajstić information content (AvgIpc) is 2.59. The summed E-state index contributed by atoms with van der Waals surface area (Å²) < 4.78 is 0. The molecule has 1 N–H and O–H groups in total. The van der Waals surface area contributed by atoms with Gasteiger partial charge in [-0.1, -0.05) is 48.5 Å². The maximum atomic E-state index is 12.3. The highest BCUT2D eigenvalue weighted by Crippen LogP contribution is 2.13. The van der Waals surface area contributed by atoms with Gasteiger partial charge in [-0.15, -0.1) is 0 Å². The zero-order valence-electron chi connectivity index (χ0n) is 12.2. The first kappa shape index (κ1) is 14.2. The number of nitrogens with zero attached hydrogens (tertiary/aromatic N) is 2. The zero-order chi connectivity index (χ0) is 15.2. The topological polar surface area (TPSA) is 54.9 Å². The molecule has 0 spiro atoms. The van der Waals surface area contributed by atoms with Gasteiger partial charge in [0.25, 0.3) is 5.91 Å². The van der Waals surface area contributed by atoms with Gasteiger partial charge in [0.2, 0.25) is 0 Å². The van der Waals surface area contributed by atoms with Gasteiger partial charge in [0.05, 0.1) is 5.52 Å². The summed E-state index contributed by atoms with van der Waals surface area (Å²) in [4.78, 5) is 20.6. The van der Waals surface area contributed by atoms with E-state index in [2.05, 4.69) is 27.4 Å². The number of rotatable bonds is 5. The van der Waals surface area contributed by atoms with Crippen LogP contribution in [0.1, 0.15) is 22.5 Å². The van der Waals surface area contributed by atoms with E-state index in [1.54, 1.807) is 0 Å². The van der Waals surface area contributed by atoms with Crippen molar-refractivity contribution in [2.45, 2.75) is 12.8 Å². The smallest absolute Gasteiger partial charge is 0.270 e. The van der Waals surface area contributed by atoms with E-state index in [0.29, 0.717) is 12.2 Å². The number of fused-ring (bicyclic) bond motifs is 1. The van der Waals surface area contributed by atoms with Crippen LogP contribution in [0.5, 0.6) is 0 Å². The third-order valence-electron chi connectivity index (χ3n) is 3.53. The van der Waals surface area contributed by atoms with Crippen molar-refractivity contribution in [2.24, 2.45) is 0 Å². The molecular formula is C18H17N3O. The molecule has 0 radical (unpaired) electrons. The van der Waals surface area contributed by atoms with Crippen LogP contribution in [-0.4, -0.2) is 22.4 Å². The van der Waals surface area contributed by atoms with Crippen LogP contribution in [0.3, 0.4) is 0 Å². The number of para-hydroxylation sites is 1. The van der Waals surface area contributed by atoms with E-state index in [-0.39, 0.29) is 5.91 Å². The Balaban J connectivity index is 1.60. The largest absolute Gasteiger partial charge is 0.351 e. The Kier molecular flexibility index (Phi) is 4.39. The second-order valence-corrected chi connectivity index (χ2v) is 5.08. The lowest BCUT2D eigenvalue weighted by Crippen LogP contribution is -2.26. The molecule has 4 heteroatoms. The molecule has 22 heavy (non-hydrogen) atoms. The lowest BCUT2D eigenvalue weighted by molar-refractivity contribution is 0.0950. The van der Waals surface area contributed by atoms with Gasteiger partial charge in [-0.25, -0.2) is 9.97 Å². The average molecular weight is 291 g/mol. The summed E-state index contributed by atoms with van der Waals surface area (Å²) in [6.07, 6.45) is 3.28. The number of hydrogen-bond acceptors (Lipinski definition) is 3. The molecule has 0 saturated heterocycles. The molecule has 0 saturated carbocycles. The lowest BCUT2D eigenvalue weighted by atomic mass is 10.1. The fourth-order valence-electron chi connectivity index (χ4n) is 2.41. The van der Waals surface area contributed by atoms with Crippen LogP contribution in [0.2, 0.25) is 0 Å². The van der Waals surface area contributed by atoms with Gasteiger partial charge in [-0.3, -0.25) is 4.79 Å². The van der Waals surface area contributed by atoms with Crippen LogP contribution in [-0.2, 0) is 6.42 Å². The van der Waals surface area contributed by atoms with Crippen molar-refractivity contribution in [2.75, 3.05) is 6.54 Å². The van der Waals surface area contributed by atoms with Crippen LogP contribution in [0.4, 0.5) is 0 Å². The number of aromatic nitrogens is 2. The second kappa shape index (κ2) is 6.80. The quantitative estimate of drug-likeness (QED) is 0.735. The summed E-state index contributed by atoms with van der Waals surface area (Å²) in [6, 6.07) is 17.8. The van der Waals surface area contributed by atoms with Crippen LogP contribution in [0.15, 0.2) is 60.9 Å². The van der Waals surface area contributed by atoms with Crippen molar-refractivity contribution in [3.8, 4) is 0 Å². The summed E-state index contributed by atoms with van der Waals surface area (Å²) in [7, 11) is 0. The number of aryl methyl sites for hydroxylation is 1. The molecule has 2 aromatic carbocycles. The molecule has 3 aromatic rings. The Hall–Kier alpha value is -2.75. The van der Waals surface area contributed by atoms with Crippen molar-refractivity contribution in [3.63, 3.8) is 0 Å². The minimum absolute atomic E-state index is 0.147. The Labute approximate surface area is 129 Å². The molecule has 0 bridgehead atoms. The minimum atomic E-state index is -0.147.